The quantitative estimate of drug-likeness (QED) is 0.325. The average molecular weight is 473 g/mol. The van der Waals surface area contributed by atoms with E-state index in [4.69, 9.17) is 0 Å². The lowest BCUT2D eigenvalue weighted by Crippen LogP contribution is -2.13. The highest BCUT2D eigenvalue weighted by Crippen LogP contribution is 2.34. The first kappa shape index (κ1) is 20.5. The van der Waals surface area contributed by atoms with E-state index >= 15 is 0 Å². The molecule has 0 radical (unpaired) electrons. The number of pyridine rings is 4. The Hall–Kier alpha value is -4.92. The molecular formula is C27H20N8O. The first-order valence-electron chi connectivity index (χ1n) is 11.7. The van der Waals surface area contributed by atoms with Gasteiger partial charge in [-0.3, -0.25) is 19.9 Å². The van der Waals surface area contributed by atoms with E-state index < -0.39 is 0 Å². The monoisotopic (exact) mass is 472 g/mol. The third kappa shape index (κ3) is 3.58. The molecule has 6 heterocycles. The maximum absolute atomic E-state index is 12.2. The molecule has 1 aliphatic rings. The number of fused-ring (bicyclic) bond motifs is 2. The smallest absolute Gasteiger partial charge is 0.227 e. The summed E-state index contributed by atoms with van der Waals surface area (Å²) >= 11 is 0. The Morgan fingerprint density at radius 1 is 0.917 bits per heavy atom. The molecule has 0 aliphatic heterocycles. The van der Waals surface area contributed by atoms with Crippen molar-refractivity contribution in [1.29, 1.82) is 0 Å². The number of rotatable bonds is 5. The summed E-state index contributed by atoms with van der Waals surface area (Å²) in [5.74, 6) is 0.182. The number of aromatic amines is 2. The Morgan fingerprint density at radius 2 is 1.83 bits per heavy atom. The van der Waals surface area contributed by atoms with E-state index in [2.05, 4.69) is 46.5 Å². The zero-order valence-electron chi connectivity index (χ0n) is 19.1. The van der Waals surface area contributed by atoms with Crippen LogP contribution in [-0.4, -0.2) is 41.0 Å². The van der Waals surface area contributed by atoms with Crippen LogP contribution in [0.2, 0.25) is 0 Å². The van der Waals surface area contributed by atoms with Crippen LogP contribution in [0.1, 0.15) is 12.8 Å². The minimum absolute atomic E-state index is 0.0529. The zero-order chi connectivity index (χ0) is 24.1. The fourth-order valence-electron chi connectivity index (χ4n) is 4.43. The van der Waals surface area contributed by atoms with Gasteiger partial charge in [-0.2, -0.15) is 5.10 Å². The largest absolute Gasteiger partial charge is 0.338 e. The third-order valence-electron chi connectivity index (χ3n) is 6.44. The normalized spacial score (nSPS) is 13.3. The van der Waals surface area contributed by atoms with Crippen molar-refractivity contribution >= 4 is 33.7 Å². The Balaban J connectivity index is 1.28. The molecule has 6 aromatic rings. The fourth-order valence-corrected chi connectivity index (χ4v) is 4.43. The molecule has 7 rings (SSSR count). The van der Waals surface area contributed by atoms with Gasteiger partial charge in [0.15, 0.2) is 5.65 Å². The number of hydrogen-bond donors (Lipinski definition) is 3. The van der Waals surface area contributed by atoms with Crippen LogP contribution in [0.25, 0.3) is 55.8 Å². The molecule has 1 saturated carbocycles. The van der Waals surface area contributed by atoms with E-state index in [1.807, 2.05) is 36.4 Å². The van der Waals surface area contributed by atoms with Crippen LogP contribution in [0, 0.1) is 5.92 Å². The summed E-state index contributed by atoms with van der Waals surface area (Å²) in [6, 6.07) is 13.8. The fraction of sp³-hybridized carbons (Fsp3) is 0.111. The van der Waals surface area contributed by atoms with Crippen LogP contribution in [0.5, 0.6) is 0 Å². The third-order valence-corrected chi connectivity index (χ3v) is 6.44. The van der Waals surface area contributed by atoms with Gasteiger partial charge >= 0.3 is 0 Å². The predicted octanol–water partition coefficient (Wildman–Crippen LogP) is 4.97. The second-order valence-electron chi connectivity index (χ2n) is 8.94. The maximum atomic E-state index is 12.2. The number of aromatic nitrogens is 7. The number of nitrogens with zero attached hydrogens (tertiary/aromatic N) is 5. The second-order valence-corrected chi connectivity index (χ2v) is 8.94. The van der Waals surface area contributed by atoms with Gasteiger partial charge in [-0.25, -0.2) is 9.97 Å². The molecule has 36 heavy (non-hydrogen) atoms. The summed E-state index contributed by atoms with van der Waals surface area (Å²) in [4.78, 5) is 33.5. The van der Waals surface area contributed by atoms with E-state index in [1.54, 1.807) is 31.0 Å². The van der Waals surface area contributed by atoms with Gasteiger partial charge in [-0.1, -0.05) is 6.07 Å². The highest BCUT2D eigenvalue weighted by atomic mass is 16.2. The lowest BCUT2D eigenvalue weighted by Gasteiger charge is -2.07. The van der Waals surface area contributed by atoms with E-state index in [0.717, 1.165) is 63.0 Å². The molecule has 0 spiro atoms. The molecule has 0 saturated heterocycles. The van der Waals surface area contributed by atoms with Crippen molar-refractivity contribution in [3.05, 3.63) is 73.4 Å². The topological polar surface area (TPSA) is 125 Å². The van der Waals surface area contributed by atoms with Crippen LogP contribution in [0.15, 0.2) is 73.4 Å². The SMILES string of the molecule is O=C(Nc1cncc(-c2cnc3n[nH]c(-c4cc5c(-c6ccccn6)ccnc5[nH]4)c3c2)c1)C1CC1. The van der Waals surface area contributed by atoms with E-state index in [9.17, 15) is 4.79 Å². The van der Waals surface area contributed by atoms with Crippen LogP contribution in [0.4, 0.5) is 5.69 Å². The van der Waals surface area contributed by atoms with Gasteiger partial charge in [0.05, 0.1) is 29.0 Å². The van der Waals surface area contributed by atoms with Crippen molar-refractivity contribution < 1.29 is 4.79 Å². The first-order valence-corrected chi connectivity index (χ1v) is 11.7. The molecule has 1 amide bonds. The lowest BCUT2D eigenvalue weighted by molar-refractivity contribution is -0.117. The van der Waals surface area contributed by atoms with Gasteiger partial charge in [-0.05, 0) is 49.2 Å². The Kier molecular flexibility index (Phi) is 4.60. The molecule has 6 aromatic heterocycles. The summed E-state index contributed by atoms with van der Waals surface area (Å²) < 4.78 is 0. The average Bonchev–Trinajstić information content (AvgIpc) is 3.55. The molecule has 1 aliphatic carbocycles. The van der Waals surface area contributed by atoms with E-state index in [1.165, 1.54) is 0 Å². The minimum atomic E-state index is 0.0529. The summed E-state index contributed by atoms with van der Waals surface area (Å²) in [6.07, 6.45) is 10.7. The van der Waals surface area contributed by atoms with Gasteiger partial charge in [0.1, 0.15) is 5.65 Å². The maximum Gasteiger partial charge on any atom is 0.227 e. The first-order chi connectivity index (χ1) is 17.7. The van der Waals surface area contributed by atoms with Crippen LogP contribution >= 0.6 is 0 Å². The molecule has 0 unspecified atom stereocenters. The summed E-state index contributed by atoms with van der Waals surface area (Å²) in [5.41, 5.74) is 7.35. The second kappa shape index (κ2) is 8.09. The van der Waals surface area contributed by atoms with Gasteiger partial charge < -0.3 is 10.3 Å². The number of H-pyrrole nitrogens is 2. The van der Waals surface area contributed by atoms with Crippen molar-refractivity contribution in [2.24, 2.45) is 5.92 Å². The molecule has 1 fully saturated rings. The summed E-state index contributed by atoms with van der Waals surface area (Å²) in [6.45, 7) is 0. The standard InChI is InChI=1S/C27H20N8O/c36-27(15-4-5-15)32-18-9-16(12-28-14-18)17-10-21-24(34-35-26(21)31-13-17)23-11-20-19(6-8-30-25(20)33-23)22-3-1-2-7-29-22/h1-3,6-15H,4-5H2,(H,30,33)(H,32,36)(H,31,34,35). The van der Waals surface area contributed by atoms with Crippen molar-refractivity contribution in [1.82, 2.24) is 35.1 Å². The molecule has 0 bridgehead atoms. The number of hydrogen-bond acceptors (Lipinski definition) is 6. The summed E-state index contributed by atoms with van der Waals surface area (Å²) in [7, 11) is 0. The summed E-state index contributed by atoms with van der Waals surface area (Å²) in [5, 5.41) is 12.3. The van der Waals surface area contributed by atoms with E-state index in [-0.39, 0.29) is 11.8 Å². The van der Waals surface area contributed by atoms with Gasteiger partial charge in [0, 0.05) is 58.2 Å². The van der Waals surface area contributed by atoms with Crippen LogP contribution < -0.4 is 5.32 Å². The minimum Gasteiger partial charge on any atom is -0.338 e. The van der Waals surface area contributed by atoms with Gasteiger partial charge in [-0.15, -0.1) is 0 Å². The van der Waals surface area contributed by atoms with Crippen molar-refractivity contribution in [3.8, 4) is 33.8 Å². The van der Waals surface area contributed by atoms with Crippen molar-refractivity contribution in [2.45, 2.75) is 12.8 Å². The zero-order valence-corrected chi connectivity index (χ0v) is 19.1. The Labute approximate surface area is 205 Å². The molecule has 3 N–H and O–H groups in total. The number of anilines is 1. The molecule has 9 nitrogen and oxygen atoms in total. The van der Waals surface area contributed by atoms with Crippen LogP contribution in [-0.2, 0) is 4.79 Å². The lowest BCUT2D eigenvalue weighted by atomic mass is 10.1. The Bertz CT molecular complexity index is 1750. The molecule has 174 valence electrons. The number of carbonyl (C=O) groups is 1. The highest BCUT2D eigenvalue weighted by molar-refractivity contribution is 5.99. The molecular weight excluding hydrogens is 452 g/mol. The number of nitrogens with one attached hydrogen (secondary N) is 3. The van der Waals surface area contributed by atoms with Gasteiger partial charge in [0.2, 0.25) is 5.91 Å². The molecule has 9 heteroatoms. The molecule has 0 aromatic carbocycles. The van der Waals surface area contributed by atoms with E-state index in [0.29, 0.717) is 11.3 Å². The Morgan fingerprint density at radius 3 is 2.69 bits per heavy atom. The van der Waals surface area contributed by atoms with Crippen LogP contribution in [0.3, 0.4) is 0 Å². The van der Waals surface area contributed by atoms with Crippen molar-refractivity contribution in [3.63, 3.8) is 0 Å². The molecule has 0 atom stereocenters. The predicted molar refractivity (Wildman–Crippen MR) is 137 cm³/mol. The van der Waals surface area contributed by atoms with Gasteiger partial charge in [0.25, 0.3) is 0 Å². The highest BCUT2D eigenvalue weighted by Gasteiger charge is 2.29. The number of amides is 1. The number of carbonyl (C=O) groups excluding carboxylic acids is 1. The van der Waals surface area contributed by atoms with Crippen molar-refractivity contribution in [2.75, 3.05) is 5.32 Å².